The Bertz CT molecular complexity index is 190. The smallest absolute Gasteiger partial charge is 0.194 e. The Labute approximate surface area is 70.4 Å². The molecule has 0 unspecified atom stereocenters. The lowest BCUT2D eigenvalue weighted by Gasteiger charge is -2.05. The lowest BCUT2D eigenvalue weighted by molar-refractivity contribution is 0.698. The fourth-order valence-corrected chi connectivity index (χ4v) is 2.06. The first kappa shape index (κ1) is 12.3. The molecule has 0 heterocycles. The third-order valence-corrected chi connectivity index (χ3v) is 3.16. The lowest BCUT2D eigenvalue weighted by Crippen LogP contribution is -1.86. The van der Waals surface area contributed by atoms with Gasteiger partial charge in [-0.15, -0.1) is 0 Å². The van der Waals surface area contributed by atoms with Gasteiger partial charge in [0.25, 0.3) is 0 Å². The fourth-order valence-electron chi connectivity index (χ4n) is 0.686. The monoisotopic (exact) mass is 222 g/mol. The van der Waals surface area contributed by atoms with Gasteiger partial charge in [0, 0.05) is 12.3 Å². The molecule has 0 bridgehead atoms. The van der Waals surface area contributed by atoms with Gasteiger partial charge in [-0.1, -0.05) is 0 Å². The Morgan fingerprint density at radius 2 is 1.00 bits per heavy atom. The number of hydrogen-bond acceptors (Lipinski definition) is 0. The van der Waals surface area contributed by atoms with E-state index in [9.17, 15) is 16.8 Å². The first-order valence-electron chi connectivity index (χ1n) is 3.44. The van der Waals surface area contributed by atoms with Crippen LogP contribution in [0, 0.1) is 0 Å². The summed E-state index contributed by atoms with van der Waals surface area (Å²) in [6.07, 6.45) is 5.02. The molecule has 6 heteroatoms. The van der Waals surface area contributed by atoms with Crippen molar-refractivity contribution < 1.29 is 16.8 Å². The zero-order chi connectivity index (χ0) is 9.83. The molecule has 0 aliphatic carbocycles. The number of halogens is 4. The predicted octanol–water partition coefficient (Wildman–Crippen LogP) is 4.20. The highest BCUT2D eigenvalue weighted by Crippen LogP contribution is 2.51. The van der Waals surface area contributed by atoms with Gasteiger partial charge in [-0.25, -0.2) is 0 Å². The highest BCUT2D eigenvalue weighted by Gasteiger charge is 2.12. The van der Waals surface area contributed by atoms with Crippen molar-refractivity contribution in [2.75, 3.05) is 12.3 Å². The summed E-state index contributed by atoms with van der Waals surface area (Å²) in [5, 5.41) is 0. The van der Waals surface area contributed by atoms with E-state index in [1.807, 2.05) is 0 Å². The molecule has 0 aromatic carbocycles. The minimum Gasteiger partial charge on any atom is -0.194 e. The fraction of sp³-hybridized carbons (Fsp3) is 0.667. The van der Waals surface area contributed by atoms with Gasteiger partial charge >= 0.3 is 0 Å². The van der Waals surface area contributed by atoms with Crippen LogP contribution in [0.4, 0.5) is 16.8 Å². The molecular formula is C6H12F4P2. The molecule has 0 rings (SSSR count). The molecule has 0 atom stereocenters. The molecule has 0 saturated carbocycles. The highest BCUT2D eigenvalue weighted by molar-refractivity contribution is 7.64. The second-order valence-electron chi connectivity index (χ2n) is 2.69. The molecule has 12 heavy (non-hydrogen) atoms. The van der Waals surface area contributed by atoms with E-state index in [2.05, 4.69) is 12.6 Å². The third kappa shape index (κ3) is 10.3. The van der Waals surface area contributed by atoms with Crippen molar-refractivity contribution in [2.24, 2.45) is 0 Å². The molecule has 0 aromatic heterocycles. The Kier molecular flexibility index (Phi) is 4.65. The van der Waals surface area contributed by atoms with Crippen molar-refractivity contribution in [3.8, 4) is 0 Å². The number of unbranched alkanes of at least 4 members (excludes halogenated alkanes) is 1. The molecule has 0 aliphatic rings. The quantitative estimate of drug-likeness (QED) is 0.371. The normalized spacial score (nSPS) is 13.3. The van der Waals surface area contributed by atoms with Crippen LogP contribution in [0.15, 0.2) is 0 Å². The standard InChI is InChI=1S/C6H12F4P2/c1-11(7,8)5-3-4-6-12(2,9)10/h1-6H2. The third-order valence-electron chi connectivity index (χ3n) is 1.22. The van der Waals surface area contributed by atoms with Crippen LogP contribution < -0.4 is 0 Å². The topological polar surface area (TPSA) is 0 Å². The van der Waals surface area contributed by atoms with Gasteiger partial charge in [0.1, 0.15) is 0 Å². The van der Waals surface area contributed by atoms with Gasteiger partial charge < -0.3 is 0 Å². The summed E-state index contributed by atoms with van der Waals surface area (Å²) in [7, 11) is -8.00. The minimum atomic E-state index is -4.00. The zero-order valence-corrected chi connectivity index (χ0v) is 8.44. The predicted molar refractivity (Wildman–Crippen MR) is 51.5 cm³/mol. The van der Waals surface area contributed by atoms with Crippen LogP contribution in [-0.2, 0) is 0 Å². The van der Waals surface area contributed by atoms with E-state index in [0.717, 1.165) is 0 Å². The van der Waals surface area contributed by atoms with Crippen molar-refractivity contribution in [1.82, 2.24) is 0 Å². The van der Waals surface area contributed by atoms with E-state index in [4.69, 9.17) is 0 Å². The molecular weight excluding hydrogens is 210 g/mol. The Morgan fingerprint density at radius 3 is 1.17 bits per heavy atom. The lowest BCUT2D eigenvalue weighted by atomic mass is 10.4. The van der Waals surface area contributed by atoms with E-state index in [-0.39, 0.29) is 25.2 Å². The van der Waals surface area contributed by atoms with Crippen LogP contribution in [0.25, 0.3) is 0 Å². The summed E-state index contributed by atoms with van der Waals surface area (Å²) in [5.74, 6) is 0. The Balaban J connectivity index is 3.48. The van der Waals surface area contributed by atoms with Crippen molar-refractivity contribution >= 4 is 27.6 Å². The largest absolute Gasteiger partial charge is 0.207 e. The Morgan fingerprint density at radius 1 is 0.750 bits per heavy atom. The van der Waals surface area contributed by atoms with Gasteiger partial charge in [0.15, 0.2) is 0 Å². The molecule has 0 radical (unpaired) electrons. The molecule has 0 fully saturated rings. The summed E-state index contributed by atoms with van der Waals surface area (Å²) in [5.41, 5.74) is 0. The number of rotatable bonds is 5. The maximum Gasteiger partial charge on any atom is 0.207 e. The van der Waals surface area contributed by atoms with Crippen LogP contribution in [0.5, 0.6) is 0 Å². The van der Waals surface area contributed by atoms with Crippen LogP contribution in [0.1, 0.15) is 12.8 Å². The highest BCUT2D eigenvalue weighted by atomic mass is 31.2. The van der Waals surface area contributed by atoms with Gasteiger partial charge in [0.05, 0.1) is 0 Å². The molecule has 0 aliphatic heterocycles. The summed E-state index contributed by atoms with van der Waals surface area (Å²) in [6.45, 7) is 0. The van der Waals surface area contributed by atoms with Gasteiger partial charge in [-0.3, -0.25) is 0 Å². The molecule has 74 valence electrons. The molecule has 0 amide bonds. The van der Waals surface area contributed by atoms with Gasteiger partial charge in [-0.2, -0.15) is 16.8 Å². The van der Waals surface area contributed by atoms with E-state index >= 15 is 0 Å². The van der Waals surface area contributed by atoms with Crippen LogP contribution in [0.2, 0.25) is 0 Å². The van der Waals surface area contributed by atoms with E-state index < -0.39 is 15.0 Å². The summed E-state index contributed by atoms with van der Waals surface area (Å²) < 4.78 is 48.6. The van der Waals surface area contributed by atoms with E-state index in [1.54, 1.807) is 0 Å². The van der Waals surface area contributed by atoms with E-state index in [0.29, 0.717) is 0 Å². The van der Waals surface area contributed by atoms with Crippen molar-refractivity contribution in [1.29, 1.82) is 0 Å². The van der Waals surface area contributed by atoms with Crippen molar-refractivity contribution in [2.45, 2.75) is 12.8 Å². The molecule has 0 spiro atoms. The SMILES string of the molecule is C=P(F)(F)CCCCP(=C)(F)F. The average molecular weight is 222 g/mol. The summed E-state index contributed by atoms with van der Waals surface area (Å²) in [4.78, 5) is 0. The average Bonchev–Trinajstić information content (AvgIpc) is 1.76. The van der Waals surface area contributed by atoms with Crippen LogP contribution in [0.3, 0.4) is 0 Å². The molecule has 0 nitrogen and oxygen atoms in total. The van der Waals surface area contributed by atoms with Crippen molar-refractivity contribution in [3.05, 3.63) is 0 Å². The second kappa shape index (κ2) is 4.53. The maximum absolute atomic E-state index is 12.1. The Hall–Kier alpha value is 0.320. The molecule has 0 saturated heterocycles. The van der Waals surface area contributed by atoms with Crippen LogP contribution in [-0.4, -0.2) is 24.9 Å². The minimum absolute atomic E-state index is 0.134. The molecule has 0 aromatic rings. The van der Waals surface area contributed by atoms with E-state index in [1.165, 1.54) is 0 Å². The summed E-state index contributed by atoms with van der Waals surface area (Å²) >= 11 is 0. The van der Waals surface area contributed by atoms with Gasteiger partial charge in [0.2, 0.25) is 15.0 Å². The molecule has 0 N–H and O–H groups in total. The maximum atomic E-state index is 12.1. The van der Waals surface area contributed by atoms with Gasteiger partial charge in [-0.05, 0) is 25.4 Å². The van der Waals surface area contributed by atoms with Crippen LogP contribution >= 0.6 is 15.0 Å². The second-order valence-corrected chi connectivity index (χ2v) is 6.64. The first-order chi connectivity index (χ1) is 5.21. The number of hydrogen-bond donors (Lipinski definition) is 0. The zero-order valence-electron chi connectivity index (χ0n) is 6.65. The first-order valence-corrected chi connectivity index (χ1v) is 7.32. The summed E-state index contributed by atoms with van der Waals surface area (Å²) in [6, 6.07) is 0. The van der Waals surface area contributed by atoms with Crippen molar-refractivity contribution in [3.63, 3.8) is 0 Å².